The van der Waals surface area contributed by atoms with Crippen molar-refractivity contribution in [1.29, 1.82) is 0 Å². The fourth-order valence-electron chi connectivity index (χ4n) is 4.07. The number of nitrogens with two attached hydrogens (primary N) is 1. The van der Waals surface area contributed by atoms with Crippen molar-refractivity contribution < 1.29 is 9.53 Å². The number of carbonyl (C=O) groups excluding carboxylic acids is 1. The highest BCUT2D eigenvalue weighted by Gasteiger charge is 2.33. The lowest BCUT2D eigenvalue weighted by atomic mass is 9.90. The van der Waals surface area contributed by atoms with E-state index in [1.165, 1.54) is 5.56 Å². The number of fused-ring (bicyclic) bond motifs is 1. The first-order valence-electron chi connectivity index (χ1n) is 10.9. The number of nitrogens with zero attached hydrogens (tertiary/aromatic N) is 3. The molecule has 31 heavy (non-hydrogen) atoms. The molecule has 0 aliphatic carbocycles. The summed E-state index contributed by atoms with van der Waals surface area (Å²) in [6.07, 6.45) is 4.46. The first-order valence-corrected chi connectivity index (χ1v) is 10.9. The van der Waals surface area contributed by atoms with E-state index in [1.54, 1.807) is 0 Å². The number of ether oxygens (including phenoxy) is 1. The molecule has 162 valence electrons. The van der Waals surface area contributed by atoms with Gasteiger partial charge in [-0.05, 0) is 43.0 Å². The quantitative estimate of drug-likeness (QED) is 0.589. The van der Waals surface area contributed by atoms with Crippen LogP contribution < -0.4 is 15.4 Å². The normalized spacial score (nSPS) is 15.4. The second kappa shape index (κ2) is 8.84. The minimum atomic E-state index is -0.293. The number of hydrogen-bond donors (Lipinski definition) is 1. The Morgan fingerprint density at radius 2 is 2.03 bits per heavy atom. The van der Waals surface area contributed by atoms with Gasteiger partial charge in [0.25, 0.3) is 0 Å². The zero-order valence-electron chi connectivity index (χ0n) is 18.4. The van der Waals surface area contributed by atoms with Gasteiger partial charge in [0.15, 0.2) is 0 Å². The minimum Gasteiger partial charge on any atom is -0.491 e. The van der Waals surface area contributed by atoms with E-state index in [4.69, 9.17) is 10.5 Å². The molecule has 0 spiro atoms. The molecule has 4 rings (SSSR count). The molecule has 6 nitrogen and oxygen atoms in total. The first kappa shape index (κ1) is 21.0. The molecular weight excluding hydrogens is 388 g/mol. The molecule has 0 radical (unpaired) electrons. The van der Waals surface area contributed by atoms with E-state index >= 15 is 0 Å². The van der Waals surface area contributed by atoms with Crippen LogP contribution >= 0.6 is 0 Å². The maximum Gasteiger partial charge on any atom is 0.235 e. The third-order valence-electron chi connectivity index (χ3n) is 5.89. The van der Waals surface area contributed by atoms with Gasteiger partial charge < -0.3 is 15.4 Å². The van der Waals surface area contributed by atoms with Crippen LogP contribution in [0.5, 0.6) is 5.75 Å². The van der Waals surface area contributed by atoms with E-state index in [0.717, 1.165) is 23.4 Å². The molecule has 1 aliphatic rings. The van der Waals surface area contributed by atoms with E-state index in [1.807, 2.05) is 59.2 Å². The van der Waals surface area contributed by atoms with Crippen molar-refractivity contribution in [2.45, 2.75) is 52.1 Å². The summed E-state index contributed by atoms with van der Waals surface area (Å²) in [5.41, 5.74) is 10.7. The second-order valence-electron chi connectivity index (χ2n) is 8.33. The maximum absolute atomic E-state index is 13.9. The molecule has 0 fully saturated rings. The lowest BCUT2D eigenvalue weighted by Gasteiger charge is -2.31. The fraction of sp³-hybridized carbons (Fsp3) is 0.360. The minimum absolute atomic E-state index is 0.0525. The van der Waals surface area contributed by atoms with Crippen molar-refractivity contribution in [2.24, 2.45) is 0 Å². The van der Waals surface area contributed by atoms with Crippen molar-refractivity contribution in [1.82, 2.24) is 9.78 Å². The number of aromatic nitrogens is 2. The van der Waals surface area contributed by atoms with Crippen LogP contribution in [0.3, 0.4) is 0 Å². The zero-order chi connectivity index (χ0) is 22.0. The molecule has 2 aromatic carbocycles. The molecule has 3 aromatic rings. The summed E-state index contributed by atoms with van der Waals surface area (Å²) in [5, 5.41) is 4.38. The van der Waals surface area contributed by atoms with Crippen LogP contribution in [0.15, 0.2) is 54.9 Å². The van der Waals surface area contributed by atoms with Crippen molar-refractivity contribution >= 4 is 17.3 Å². The van der Waals surface area contributed by atoms with Gasteiger partial charge in [-0.15, -0.1) is 0 Å². The maximum atomic E-state index is 13.9. The average Bonchev–Trinajstić information content (AvgIpc) is 3.25. The van der Waals surface area contributed by atoms with Crippen LogP contribution in [0.25, 0.3) is 0 Å². The predicted octanol–water partition coefficient (Wildman–Crippen LogP) is 4.71. The molecular formula is C25H30N4O2. The summed E-state index contributed by atoms with van der Waals surface area (Å²) in [4.78, 5) is 15.7. The van der Waals surface area contributed by atoms with Gasteiger partial charge in [-0.1, -0.05) is 38.1 Å². The third kappa shape index (κ3) is 4.29. The topological polar surface area (TPSA) is 73.4 Å². The zero-order valence-corrected chi connectivity index (χ0v) is 18.4. The average molecular weight is 419 g/mol. The van der Waals surface area contributed by atoms with Gasteiger partial charge in [-0.25, -0.2) is 0 Å². The Labute approximate surface area is 183 Å². The molecule has 0 saturated heterocycles. The molecule has 2 N–H and O–H groups in total. The van der Waals surface area contributed by atoms with Crippen molar-refractivity contribution in [3.8, 4) is 5.75 Å². The van der Waals surface area contributed by atoms with Crippen LogP contribution in [-0.4, -0.2) is 22.3 Å². The molecule has 1 unspecified atom stereocenters. The molecule has 0 bridgehead atoms. The van der Waals surface area contributed by atoms with Crippen molar-refractivity contribution in [3.05, 3.63) is 71.5 Å². The van der Waals surface area contributed by atoms with E-state index < -0.39 is 0 Å². The summed E-state index contributed by atoms with van der Waals surface area (Å²) in [5.74, 6) is 0.835. The Kier molecular flexibility index (Phi) is 5.98. The standard InChI is InChI=1S/C25H30N4O2/c1-4-28-15-18(14-27-28)16-29(20-10-8-19(9-11-20)17(2)3)25(30)22-12-13-31-24-21(22)6-5-7-23(24)26/h5-11,14-15,17,22H,4,12-13,16,26H2,1-3H3. The fourth-order valence-corrected chi connectivity index (χ4v) is 4.07. The molecule has 0 saturated carbocycles. The highest BCUT2D eigenvalue weighted by molar-refractivity contribution is 5.99. The predicted molar refractivity (Wildman–Crippen MR) is 123 cm³/mol. The van der Waals surface area contributed by atoms with Crippen LogP contribution in [0.2, 0.25) is 0 Å². The second-order valence-corrected chi connectivity index (χ2v) is 8.33. The van der Waals surface area contributed by atoms with Gasteiger partial charge in [0, 0.05) is 29.6 Å². The number of rotatable bonds is 6. The smallest absolute Gasteiger partial charge is 0.235 e. The number of benzene rings is 2. The van der Waals surface area contributed by atoms with Crippen LogP contribution in [-0.2, 0) is 17.9 Å². The van der Waals surface area contributed by atoms with E-state index in [2.05, 4.69) is 31.1 Å². The highest BCUT2D eigenvalue weighted by atomic mass is 16.5. The Hall–Kier alpha value is -3.28. The monoisotopic (exact) mass is 418 g/mol. The summed E-state index contributed by atoms with van der Waals surface area (Å²) in [6.45, 7) is 8.12. The molecule has 6 heteroatoms. The highest BCUT2D eigenvalue weighted by Crippen LogP contribution is 2.39. The Morgan fingerprint density at radius 3 is 2.71 bits per heavy atom. The Balaban J connectivity index is 1.70. The first-order chi connectivity index (χ1) is 15.0. The number of amides is 1. The summed E-state index contributed by atoms with van der Waals surface area (Å²) in [6, 6.07) is 13.9. The summed E-state index contributed by atoms with van der Waals surface area (Å²) >= 11 is 0. The number of anilines is 2. The number of hydrogen-bond acceptors (Lipinski definition) is 4. The van der Waals surface area contributed by atoms with Gasteiger partial charge in [0.1, 0.15) is 5.75 Å². The van der Waals surface area contributed by atoms with Gasteiger partial charge in [0.05, 0.1) is 31.0 Å². The Morgan fingerprint density at radius 1 is 1.26 bits per heavy atom. The van der Waals surface area contributed by atoms with E-state index in [0.29, 0.717) is 36.9 Å². The SMILES string of the molecule is CCn1cc(CN(C(=O)C2CCOc3c(N)cccc32)c2ccc(C(C)C)cc2)cn1. The molecule has 1 amide bonds. The van der Waals surface area contributed by atoms with Crippen LogP contribution in [0.4, 0.5) is 11.4 Å². The largest absolute Gasteiger partial charge is 0.491 e. The number of nitrogen functional groups attached to an aromatic ring is 1. The summed E-state index contributed by atoms with van der Waals surface area (Å²) < 4.78 is 7.67. The lowest BCUT2D eigenvalue weighted by Crippen LogP contribution is -2.36. The molecule has 1 aliphatic heterocycles. The number of para-hydroxylation sites is 1. The van der Waals surface area contributed by atoms with Crippen LogP contribution in [0.1, 0.15) is 55.7 Å². The van der Waals surface area contributed by atoms with Crippen molar-refractivity contribution in [3.63, 3.8) is 0 Å². The Bertz CT molecular complexity index is 1060. The van der Waals surface area contributed by atoms with Gasteiger partial charge >= 0.3 is 0 Å². The number of aryl methyl sites for hydroxylation is 1. The van der Waals surface area contributed by atoms with E-state index in [9.17, 15) is 4.79 Å². The van der Waals surface area contributed by atoms with Gasteiger partial charge in [0.2, 0.25) is 5.91 Å². The molecule has 1 atom stereocenters. The number of carbonyl (C=O) groups is 1. The molecule has 1 aromatic heterocycles. The summed E-state index contributed by atoms with van der Waals surface area (Å²) in [7, 11) is 0. The van der Waals surface area contributed by atoms with E-state index in [-0.39, 0.29) is 11.8 Å². The third-order valence-corrected chi connectivity index (χ3v) is 5.89. The van der Waals surface area contributed by atoms with Crippen LogP contribution in [0, 0.1) is 0 Å². The molecule has 2 heterocycles. The lowest BCUT2D eigenvalue weighted by molar-refractivity contribution is -0.120. The van der Waals surface area contributed by atoms with Crippen molar-refractivity contribution in [2.75, 3.05) is 17.2 Å². The van der Waals surface area contributed by atoms with Gasteiger partial charge in [-0.3, -0.25) is 9.48 Å². The van der Waals surface area contributed by atoms with Gasteiger partial charge in [-0.2, -0.15) is 5.10 Å².